The fourth-order valence-corrected chi connectivity index (χ4v) is 1.51. The average Bonchev–Trinajstić information content (AvgIpc) is 2.44. The molecule has 0 radical (unpaired) electrons. The minimum absolute atomic E-state index is 0.0547. The second-order valence-electron chi connectivity index (χ2n) is 4.62. The molecule has 148 valence electrons. The minimum atomic E-state index is -7.27. The minimum Gasteiger partial charge on any atom is -0.406 e. The molecule has 0 saturated carbocycles. The van der Waals surface area contributed by atoms with Crippen LogP contribution in [0.25, 0.3) is 0 Å². The monoisotopic (exact) mass is 408 g/mol. The second kappa shape index (κ2) is 6.23. The van der Waals surface area contributed by atoms with Crippen molar-refractivity contribution in [2.24, 2.45) is 0 Å². The lowest BCUT2D eigenvalue weighted by atomic mass is 9.96. The fourth-order valence-electron chi connectivity index (χ4n) is 1.51. The van der Waals surface area contributed by atoms with Crippen molar-refractivity contribution in [2.75, 3.05) is 0 Å². The number of ether oxygens (including phenoxy) is 1. The summed E-state index contributed by atoms with van der Waals surface area (Å²) in [6.07, 6.45) is -12.3. The van der Waals surface area contributed by atoms with Gasteiger partial charge in [-0.1, -0.05) is 0 Å². The third-order valence-corrected chi connectivity index (χ3v) is 2.78. The van der Waals surface area contributed by atoms with E-state index in [2.05, 4.69) is 4.74 Å². The van der Waals surface area contributed by atoms with Crippen LogP contribution in [0.1, 0.15) is 10.4 Å². The third-order valence-electron chi connectivity index (χ3n) is 2.78. The summed E-state index contributed by atoms with van der Waals surface area (Å²) in [6, 6.07) is 0.492. The molecule has 0 aliphatic carbocycles. The Kier molecular flexibility index (Phi) is 5.24. The summed E-state index contributed by atoms with van der Waals surface area (Å²) in [4.78, 5) is 11.3. The van der Waals surface area contributed by atoms with E-state index >= 15 is 0 Å². The number of ketones is 1. The summed E-state index contributed by atoms with van der Waals surface area (Å²) in [7, 11) is 0. The van der Waals surface area contributed by atoms with Gasteiger partial charge in [0.25, 0.3) is 0 Å². The normalized spacial score (nSPS) is 14.3. The number of hydrogen-bond acceptors (Lipinski definition) is 2. The highest BCUT2D eigenvalue weighted by atomic mass is 19.4. The zero-order valence-electron chi connectivity index (χ0n) is 11.7. The third kappa shape index (κ3) is 3.82. The lowest BCUT2D eigenvalue weighted by molar-refractivity contribution is -0.386. The molecule has 0 heterocycles. The van der Waals surface area contributed by atoms with Crippen molar-refractivity contribution in [3.05, 3.63) is 29.8 Å². The van der Waals surface area contributed by atoms with E-state index in [4.69, 9.17) is 0 Å². The molecule has 0 fully saturated rings. The van der Waals surface area contributed by atoms with E-state index < -0.39 is 47.4 Å². The molecule has 0 spiro atoms. The van der Waals surface area contributed by atoms with Gasteiger partial charge in [0.05, 0.1) is 0 Å². The highest BCUT2D eigenvalue weighted by Gasteiger charge is 2.83. The van der Waals surface area contributed by atoms with Crippen LogP contribution in [0.15, 0.2) is 24.3 Å². The number of rotatable bonds is 5. The van der Waals surface area contributed by atoms with Crippen LogP contribution in [-0.2, 0) is 0 Å². The van der Waals surface area contributed by atoms with Crippen molar-refractivity contribution in [1.29, 1.82) is 0 Å². The second-order valence-corrected chi connectivity index (χ2v) is 4.62. The standard InChI is InChI=1S/C12H4F12O2/c13-8(14,9(15,16)10(17,18)11(19,20)21)7(25)5-1-3-6(4-2-5)26-12(22,23)24/h1-4H. The Morgan fingerprint density at radius 3 is 1.46 bits per heavy atom. The summed E-state index contributed by atoms with van der Waals surface area (Å²) in [5, 5.41) is 0. The number of halogens is 12. The molecule has 0 bridgehead atoms. The molecule has 0 saturated heterocycles. The first-order chi connectivity index (χ1) is 11.3. The Balaban J connectivity index is 3.22. The number of alkyl halides is 12. The van der Waals surface area contributed by atoms with E-state index in [0.717, 1.165) is 0 Å². The number of hydrogen-bond donors (Lipinski definition) is 0. The van der Waals surface area contributed by atoms with Crippen LogP contribution in [0.4, 0.5) is 52.7 Å². The molecule has 0 aliphatic heterocycles. The van der Waals surface area contributed by atoms with E-state index in [9.17, 15) is 57.5 Å². The predicted molar refractivity (Wildman–Crippen MR) is 58.4 cm³/mol. The Morgan fingerprint density at radius 2 is 1.12 bits per heavy atom. The zero-order chi connectivity index (χ0) is 20.8. The molecule has 1 rings (SSSR count). The zero-order valence-corrected chi connectivity index (χ0v) is 11.7. The highest BCUT2D eigenvalue weighted by molar-refractivity contribution is 6.02. The van der Waals surface area contributed by atoms with Crippen molar-refractivity contribution >= 4 is 5.78 Å². The van der Waals surface area contributed by atoms with Gasteiger partial charge in [0.15, 0.2) is 0 Å². The van der Waals surface area contributed by atoms with Crippen LogP contribution in [0, 0.1) is 0 Å². The molecule has 1 aromatic rings. The number of carbonyl (C=O) groups is 1. The molecule has 0 aromatic heterocycles. The highest BCUT2D eigenvalue weighted by Crippen LogP contribution is 2.53. The van der Waals surface area contributed by atoms with Gasteiger partial charge < -0.3 is 4.74 Å². The Morgan fingerprint density at radius 1 is 0.692 bits per heavy atom. The maximum atomic E-state index is 13.4. The number of benzene rings is 1. The quantitative estimate of drug-likeness (QED) is 0.493. The summed E-state index contributed by atoms with van der Waals surface area (Å²) < 4.78 is 153. The van der Waals surface area contributed by atoms with Crippen LogP contribution < -0.4 is 4.74 Å². The van der Waals surface area contributed by atoms with Crippen molar-refractivity contribution in [1.82, 2.24) is 0 Å². The molecular weight excluding hydrogens is 404 g/mol. The molecule has 0 amide bonds. The maximum Gasteiger partial charge on any atom is 0.573 e. The Hall–Kier alpha value is -2.15. The molecule has 14 heteroatoms. The molecule has 1 aromatic carbocycles. The van der Waals surface area contributed by atoms with Gasteiger partial charge in [0.2, 0.25) is 5.78 Å². The largest absolute Gasteiger partial charge is 0.573 e. The summed E-state index contributed by atoms with van der Waals surface area (Å²) in [5.41, 5.74) is -1.55. The average molecular weight is 408 g/mol. The molecular formula is C12H4F12O2. The van der Waals surface area contributed by atoms with Crippen molar-refractivity contribution in [2.45, 2.75) is 30.3 Å². The first-order valence-corrected chi connectivity index (χ1v) is 5.95. The fraction of sp³-hybridized carbons (Fsp3) is 0.417. The smallest absolute Gasteiger partial charge is 0.406 e. The van der Waals surface area contributed by atoms with Gasteiger partial charge in [0, 0.05) is 5.56 Å². The van der Waals surface area contributed by atoms with Gasteiger partial charge in [-0.25, -0.2) is 0 Å². The van der Waals surface area contributed by atoms with Gasteiger partial charge in [0.1, 0.15) is 5.75 Å². The summed E-state index contributed by atoms with van der Waals surface area (Å²) in [5.74, 6) is -25.2. The lowest BCUT2D eigenvalue weighted by Gasteiger charge is -2.32. The van der Waals surface area contributed by atoms with E-state index in [-0.39, 0.29) is 24.3 Å². The van der Waals surface area contributed by atoms with Crippen LogP contribution in [0.3, 0.4) is 0 Å². The molecule has 0 N–H and O–H groups in total. The van der Waals surface area contributed by atoms with Crippen LogP contribution in [0.5, 0.6) is 5.75 Å². The van der Waals surface area contributed by atoms with E-state index in [1.54, 1.807) is 0 Å². The van der Waals surface area contributed by atoms with E-state index in [0.29, 0.717) is 0 Å². The molecule has 2 nitrogen and oxygen atoms in total. The number of carbonyl (C=O) groups excluding carboxylic acids is 1. The van der Waals surface area contributed by atoms with E-state index in [1.807, 2.05) is 0 Å². The van der Waals surface area contributed by atoms with Crippen molar-refractivity contribution in [3.63, 3.8) is 0 Å². The van der Waals surface area contributed by atoms with Gasteiger partial charge in [-0.05, 0) is 24.3 Å². The molecule has 26 heavy (non-hydrogen) atoms. The molecule has 0 atom stereocenters. The Labute approximate surface area is 135 Å². The molecule has 0 aliphatic rings. The predicted octanol–water partition coefficient (Wildman–Crippen LogP) is 5.24. The van der Waals surface area contributed by atoms with Gasteiger partial charge in [-0.3, -0.25) is 4.79 Å². The molecule has 0 unspecified atom stereocenters. The Bertz CT molecular complexity index is 656. The summed E-state index contributed by atoms with van der Waals surface area (Å²) in [6.45, 7) is 0. The summed E-state index contributed by atoms with van der Waals surface area (Å²) >= 11 is 0. The van der Waals surface area contributed by atoms with Crippen LogP contribution >= 0.6 is 0 Å². The number of Topliss-reactive ketones (excluding diaryl/α,β-unsaturated/α-hetero) is 1. The maximum absolute atomic E-state index is 13.4. The van der Waals surface area contributed by atoms with Crippen LogP contribution in [-0.4, -0.2) is 36.1 Å². The lowest BCUT2D eigenvalue weighted by Crippen LogP contribution is -2.63. The van der Waals surface area contributed by atoms with Gasteiger partial charge in [-0.2, -0.15) is 39.5 Å². The van der Waals surface area contributed by atoms with Crippen LogP contribution in [0.2, 0.25) is 0 Å². The first kappa shape index (κ1) is 21.9. The van der Waals surface area contributed by atoms with Crippen molar-refractivity contribution < 1.29 is 62.2 Å². The van der Waals surface area contributed by atoms with Crippen molar-refractivity contribution in [3.8, 4) is 5.75 Å². The SMILES string of the molecule is O=C(c1ccc(OC(F)(F)F)cc1)C(F)(F)C(F)(F)C(F)(F)C(F)(F)F. The topological polar surface area (TPSA) is 26.3 Å². The first-order valence-electron chi connectivity index (χ1n) is 5.95. The van der Waals surface area contributed by atoms with Gasteiger partial charge >= 0.3 is 30.3 Å². The van der Waals surface area contributed by atoms with E-state index in [1.165, 1.54) is 0 Å². The van der Waals surface area contributed by atoms with Gasteiger partial charge in [-0.15, -0.1) is 13.2 Å².